The third-order valence-corrected chi connectivity index (χ3v) is 2.19. The molecule has 0 saturated heterocycles. The van der Waals surface area contributed by atoms with Gasteiger partial charge in [-0.1, -0.05) is 42.5 Å². The zero-order valence-electron chi connectivity index (χ0n) is 9.26. The van der Waals surface area contributed by atoms with Gasteiger partial charge >= 0.3 is 5.69 Å². The number of aromatic amines is 1. The molecule has 1 heterocycles. The topological polar surface area (TPSA) is 57.8 Å². The van der Waals surface area contributed by atoms with Crippen LogP contribution in [0.25, 0.3) is 6.08 Å². The number of aromatic nitrogens is 2. The molecule has 86 valence electrons. The Kier molecular flexibility index (Phi) is 3.70. The van der Waals surface area contributed by atoms with Gasteiger partial charge in [-0.15, -0.1) is 0 Å². The molecule has 0 fully saturated rings. The average molecular weight is 227 g/mol. The Balaban J connectivity index is 1.88. The highest BCUT2D eigenvalue weighted by atomic mass is 16.1. The Bertz CT molecular complexity index is 546. The Morgan fingerprint density at radius 1 is 1.24 bits per heavy atom. The predicted octanol–water partition coefficient (Wildman–Crippen LogP) is 1.90. The molecule has 1 aromatic carbocycles. The number of H-pyrrole nitrogens is 1. The van der Waals surface area contributed by atoms with Crippen LogP contribution in [0.3, 0.4) is 0 Å². The second kappa shape index (κ2) is 5.65. The van der Waals surface area contributed by atoms with Crippen molar-refractivity contribution in [3.63, 3.8) is 0 Å². The van der Waals surface area contributed by atoms with E-state index in [2.05, 4.69) is 15.3 Å². The molecule has 0 aliphatic heterocycles. The zero-order chi connectivity index (χ0) is 11.9. The highest BCUT2D eigenvalue weighted by Crippen LogP contribution is 2.01. The maximum Gasteiger partial charge on any atom is 0.346 e. The van der Waals surface area contributed by atoms with Crippen molar-refractivity contribution in [2.75, 3.05) is 11.9 Å². The molecule has 0 radical (unpaired) electrons. The van der Waals surface area contributed by atoms with Gasteiger partial charge in [0.25, 0.3) is 0 Å². The molecule has 0 aliphatic rings. The Labute approximate surface area is 99.0 Å². The van der Waals surface area contributed by atoms with E-state index < -0.39 is 0 Å². The van der Waals surface area contributed by atoms with Crippen molar-refractivity contribution in [2.45, 2.75) is 0 Å². The number of benzene rings is 1. The minimum absolute atomic E-state index is 0.345. The van der Waals surface area contributed by atoms with Gasteiger partial charge in [-0.2, -0.15) is 0 Å². The van der Waals surface area contributed by atoms with Crippen LogP contribution in [0.1, 0.15) is 5.56 Å². The highest BCUT2D eigenvalue weighted by molar-refractivity contribution is 5.49. The van der Waals surface area contributed by atoms with Gasteiger partial charge in [0, 0.05) is 12.7 Å². The third kappa shape index (κ3) is 3.61. The number of hydrogen-bond donors (Lipinski definition) is 2. The summed E-state index contributed by atoms with van der Waals surface area (Å²) in [6, 6.07) is 11.8. The lowest BCUT2D eigenvalue weighted by molar-refractivity contribution is 1.06. The average Bonchev–Trinajstić information content (AvgIpc) is 2.36. The molecule has 4 nitrogen and oxygen atoms in total. The van der Waals surface area contributed by atoms with Gasteiger partial charge < -0.3 is 5.32 Å². The monoisotopic (exact) mass is 227 g/mol. The van der Waals surface area contributed by atoms with E-state index in [1.54, 1.807) is 6.07 Å². The summed E-state index contributed by atoms with van der Waals surface area (Å²) in [5.74, 6) is 0.669. The Morgan fingerprint density at radius 3 is 2.82 bits per heavy atom. The van der Waals surface area contributed by atoms with Crippen LogP contribution in [-0.4, -0.2) is 16.5 Å². The lowest BCUT2D eigenvalue weighted by Gasteiger charge is -2.00. The smallest absolute Gasteiger partial charge is 0.346 e. The summed E-state index contributed by atoms with van der Waals surface area (Å²) in [4.78, 5) is 17.1. The summed E-state index contributed by atoms with van der Waals surface area (Å²) in [5, 5.41) is 3.07. The van der Waals surface area contributed by atoms with Crippen molar-refractivity contribution < 1.29 is 0 Å². The summed E-state index contributed by atoms with van der Waals surface area (Å²) in [6.45, 7) is 0.648. The molecule has 0 unspecified atom stereocenters. The Morgan fingerprint density at radius 2 is 2.06 bits per heavy atom. The number of rotatable bonds is 4. The first-order valence-corrected chi connectivity index (χ1v) is 5.35. The van der Waals surface area contributed by atoms with Crippen molar-refractivity contribution in [1.82, 2.24) is 9.97 Å². The van der Waals surface area contributed by atoms with E-state index >= 15 is 0 Å². The van der Waals surface area contributed by atoms with Crippen molar-refractivity contribution in [1.29, 1.82) is 0 Å². The van der Waals surface area contributed by atoms with Crippen LogP contribution in [0.15, 0.2) is 53.5 Å². The van der Waals surface area contributed by atoms with E-state index in [0.717, 1.165) is 5.56 Å². The minimum atomic E-state index is -0.345. The first-order chi connectivity index (χ1) is 8.34. The van der Waals surface area contributed by atoms with E-state index in [-0.39, 0.29) is 5.69 Å². The van der Waals surface area contributed by atoms with E-state index in [9.17, 15) is 4.79 Å². The highest BCUT2D eigenvalue weighted by Gasteiger charge is 1.89. The van der Waals surface area contributed by atoms with Gasteiger partial charge in [0.05, 0.1) is 0 Å². The minimum Gasteiger partial charge on any atom is -0.368 e. The van der Waals surface area contributed by atoms with Gasteiger partial charge in [-0.05, 0) is 11.6 Å². The maximum atomic E-state index is 10.9. The van der Waals surface area contributed by atoms with Gasteiger partial charge in [-0.25, -0.2) is 9.78 Å². The third-order valence-electron chi connectivity index (χ3n) is 2.19. The molecule has 0 atom stereocenters. The molecule has 0 bridgehead atoms. The number of hydrogen-bond acceptors (Lipinski definition) is 3. The van der Waals surface area contributed by atoms with Crippen molar-refractivity contribution in [3.05, 3.63) is 64.7 Å². The van der Waals surface area contributed by atoms with Crippen LogP contribution >= 0.6 is 0 Å². The van der Waals surface area contributed by atoms with Gasteiger partial charge in [0.2, 0.25) is 0 Å². The number of nitrogens with one attached hydrogen (secondary N) is 2. The molecule has 4 heteroatoms. The van der Waals surface area contributed by atoms with Crippen LogP contribution in [0.5, 0.6) is 0 Å². The number of nitrogens with zero attached hydrogens (tertiary/aromatic N) is 1. The van der Waals surface area contributed by atoms with Crippen molar-refractivity contribution in [2.24, 2.45) is 0 Å². The fourth-order valence-electron chi connectivity index (χ4n) is 1.40. The lowest BCUT2D eigenvalue weighted by Crippen LogP contribution is -2.12. The summed E-state index contributed by atoms with van der Waals surface area (Å²) < 4.78 is 0. The van der Waals surface area contributed by atoms with E-state index in [1.165, 1.54) is 6.20 Å². The SMILES string of the molecule is O=c1nccc(NC/C=C/c2ccccc2)[nH]1. The van der Waals surface area contributed by atoms with Crippen molar-refractivity contribution >= 4 is 11.9 Å². The molecule has 2 rings (SSSR count). The van der Waals surface area contributed by atoms with Gasteiger partial charge in [0.15, 0.2) is 0 Å². The summed E-state index contributed by atoms with van der Waals surface area (Å²) in [6.07, 6.45) is 5.49. The van der Waals surface area contributed by atoms with E-state index in [1.807, 2.05) is 42.5 Å². The molecule has 2 N–H and O–H groups in total. The molecule has 1 aromatic heterocycles. The number of anilines is 1. The second-order valence-electron chi connectivity index (χ2n) is 3.48. The zero-order valence-corrected chi connectivity index (χ0v) is 9.26. The van der Waals surface area contributed by atoms with Gasteiger partial charge in [-0.3, -0.25) is 4.98 Å². The van der Waals surface area contributed by atoms with Crippen LogP contribution in [0.2, 0.25) is 0 Å². The molecule has 0 spiro atoms. The fourth-order valence-corrected chi connectivity index (χ4v) is 1.40. The van der Waals surface area contributed by atoms with E-state index in [4.69, 9.17) is 0 Å². The summed E-state index contributed by atoms with van der Waals surface area (Å²) in [7, 11) is 0. The molecule has 2 aromatic rings. The summed E-state index contributed by atoms with van der Waals surface area (Å²) >= 11 is 0. The maximum absolute atomic E-state index is 10.9. The molecular formula is C13H13N3O. The van der Waals surface area contributed by atoms with Crippen LogP contribution < -0.4 is 11.0 Å². The standard InChI is InChI=1S/C13H13N3O/c17-13-15-10-8-12(16-13)14-9-4-7-11-5-2-1-3-6-11/h1-8,10H,9H2,(H2,14,15,16,17)/b7-4+. The molecular weight excluding hydrogens is 214 g/mol. The predicted molar refractivity (Wildman–Crippen MR) is 68.8 cm³/mol. The molecule has 0 saturated carbocycles. The first-order valence-electron chi connectivity index (χ1n) is 5.35. The molecule has 17 heavy (non-hydrogen) atoms. The van der Waals surface area contributed by atoms with Crippen LogP contribution in [0, 0.1) is 0 Å². The molecule has 0 amide bonds. The summed E-state index contributed by atoms with van der Waals surface area (Å²) in [5.41, 5.74) is 0.805. The quantitative estimate of drug-likeness (QED) is 0.838. The van der Waals surface area contributed by atoms with Crippen molar-refractivity contribution in [3.8, 4) is 0 Å². The van der Waals surface area contributed by atoms with Crippen LogP contribution in [0.4, 0.5) is 5.82 Å². The lowest BCUT2D eigenvalue weighted by atomic mass is 10.2. The van der Waals surface area contributed by atoms with E-state index in [0.29, 0.717) is 12.4 Å². The first kappa shape index (κ1) is 11.1. The normalized spacial score (nSPS) is 10.6. The van der Waals surface area contributed by atoms with Gasteiger partial charge in [0.1, 0.15) is 5.82 Å². The molecule has 0 aliphatic carbocycles. The second-order valence-corrected chi connectivity index (χ2v) is 3.48. The van der Waals surface area contributed by atoms with Crippen LogP contribution in [-0.2, 0) is 0 Å². The Hall–Kier alpha value is -2.36. The fraction of sp³-hybridized carbons (Fsp3) is 0.0769. The largest absolute Gasteiger partial charge is 0.368 e.